The van der Waals surface area contributed by atoms with E-state index >= 15 is 0 Å². The van der Waals surface area contributed by atoms with Crippen LogP contribution in [0.4, 0.5) is 0 Å². The number of carbonyl (C=O) groups is 2. The first-order chi connectivity index (χ1) is 13.1. The number of nitrogens with zero attached hydrogens (tertiary/aromatic N) is 2. The molecule has 0 saturated carbocycles. The standard InChI is InChI=1S/C21H25N3O3/c1-15-11-22-9-8-17(15)12-23-21(26)18-6-7-20(25)24(14-18)13-16-4-3-5-19(10-16)27-2/h3-5,8-11,18H,6-7,12-14H2,1-2H3,(H,23,26)/t18-/m1/s1. The van der Waals surface area contributed by atoms with Gasteiger partial charge in [0.2, 0.25) is 11.8 Å². The van der Waals surface area contributed by atoms with Crippen molar-refractivity contribution in [3.63, 3.8) is 0 Å². The van der Waals surface area contributed by atoms with Gasteiger partial charge in [-0.2, -0.15) is 0 Å². The number of hydrogen-bond donors (Lipinski definition) is 1. The van der Waals surface area contributed by atoms with Gasteiger partial charge in [-0.15, -0.1) is 0 Å². The number of amides is 2. The molecule has 142 valence electrons. The summed E-state index contributed by atoms with van der Waals surface area (Å²) in [5, 5.41) is 3.00. The van der Waals surface area contributed by atoms with Crippen LogP contribution in [0.25, 0.3) is 0 Å². The molecule has 0 unspecified atom stereocenters. The van der Waals surface area contributed by atoms with E-state index in [1.54, 1.807) is 24.4 Å². The Labute approximate surface area is 159 Å². The van der Waals surface area contributed by atoms with Crippen molar-refractivity contribution in [2.75, 3.05) is 13.7 Å². The first kappa shape index (κ1) is 18.9. The minimum atomic E-state index is -0.185. The van der Waals surface area contributed by atoms with Crippen molar-refractivity contribution in [3.8, 4) is 5.75 Å². The molecule has 0 spiro atoms. The van der Waals surface area contributed by atoms with Crippen molar-refractivity contribution in [2.24, 2.45) is 5.92 Å². The zero-order valence-electron chi connectivity index (χ0n) is 15.8. The van der Waals surface area contributed by atoms with E-state index in [2.05, 4.69) is 10.3 Å². The molecule has 3 rings (SSSR count). The molecule has 1 aromatic carbocycles. The Bertz CT molecular complexity index is 822. The molecule has 6 heteroatoms. The van der Waals surface area contributed by atoms with Gasteiger partial charge in [0.15, 0.2) is 0 Å². The van der Waals surface area contributed by atoms with Crippen LogP contribution >= 0.6 is 0 Å². The number of aryl methyl sites for hydroxylation is 1. The lowest BCUT2D eigenvalue weighted by atomic mass is 9.96. The number of likely N-dealkylation sites (tertiary alicyclic amines) is 1. The number of piperidine rings is 1. The van der Waals surface area contributed by atoms with Gasteiger partial charge in [-0.1, -0.05) is 12.1 Å². The van der Waals surface area contributed by atoms with E-state index in [0.717, 1.165) is 22.4 Å². The number of benzene rings is 1. The van der Waals surface area contributed by atoms with Crippen molar-refractivity contribution in [2.45, 2.75) is 32.9 Å². The number of ether oxygens (including phenoxy) is 1. The fourth-order valence-electron chi connectivity index (χ4n) is 3.30. The third-order valence-electron chi connectivity index (χ3n) is 4.97. The fraction of sp³-hybridized carbons (Fsp3) is 0.381. The maximum Gasteiger partial charge on any atom is 0.225 e. The van der Waals surface area contributed by atoms with Gasteiger partial charge >= 0.3 is 0 Å². The molecule has 2 amide bonds. The lowest BCUT2D eigenvalue weighted by molar-refractivity contribution is -0.139. The normalized spacial score (nSPS) is 16.9. The summed E-state index contributed by atoms with van der Waals surface area (Å²) < 4.78 is 5.24. The van der Waals surface area contributed by atoms with Crippen molar-refractivity contribution >= 4 is 11.8 Å². The largest absolute Gasteiger partial charge is 0.497 e. The monoisotopic (exact) mass is 367 g/mol. The molecular weight excluding hydrogens is 342 g/mol. The van der Waals surface area contributed by atoms with Gasteiger partial charge in [0.1, 0.15) is 5.75 Å². The molecule has 27 heavy (non-hydrogen) atoms. The minimum absolute atomic E-state index is 0.00523. The Kier molecular flexibility index (Phi) is 6.06. The topological polar surface area (TPSA) is 71.5 Å². The summed E-state index contributed by atoms with van der Waals surface area (Å²) in [5.74, 6) is 0.663. The Hall–Kier alpha value is -2.89. The summed E-state index contributed by atoms with van der Waals surface area (Å²) >= 11 is 0. The number of rotatable bonds is 6. The highest BCUT2D eigenvalue weighted by Gasteiger charge is 2.30. The van der Waals surface area contributed by atoms with Crippen LogP contribution in [0.15, 0.2) is 42.7 Å². The molecule has 0 aliphatic carbocycles. The number of nitrogens with one attached hydrogen (secondary N) is 1. The maximum absolute atomic E-state index is 12.6. The third kappa shape index (κ3) is 4.84. The predicted octanol–water partition coefficient (Wildman–Crippen LogP) is 2.45. The second-order valence-electron chi connectivity index (χ2n) is 6.88. The van der Waals surface area contributed by atoms with Gasteiger partial charge in [-0.3, -0.25) is 14.6 Å². The second kappa shape index (κ2) is 8.66. The van der Waals surface area contributed by atoms with Crippen molar-refractivity contribution in [1.82, 2.24) is 15.2 Å². The van der Waals surface area contributed by atoms with Crippen molar-refractivity contribution in [1.29, 1.82) is 0 Å². The van der Waals surface area contributed by atoms with Crippen LogP contribution in [0.3, 0.4) is 0 Å². The van der Waals surface area contributed by atoms with Gasteiger partial charge in [0.25, 0.3) is 0 Å². The Morgan fingerprint density at radius 1 is 1.37 bits per heavy atom. The molecule has 1 N–H and O–H groups in total. The lowest BCUT2D eigenvalue weighted by Crippen LogP contribution is -2.45. The van der Waals surface area contributed by atoms with E-state index in [1.165, 1.54) is 0 Å². The second-order valence-corrected chi connectivity index (χ2v) is 6.88. The van der Waals surface area contributed by atoms with Gasteiger partial charge in [-0.05, 0) is 48.2 Å². The van der Waals surface area contributed by atoms with Crippen LogP contribution in [0.5, 0.6) is 5.75 Å². The molecule has 1 atom stereocenters. The van der Waals surface area contributed by atoms with Crippen LogP contribution < -0.4 is 10.1 Å². The Morgan fingerprint density at radius 2 is 2.22 bits per heavy atom. The molecule has 0 radical (unpaired) electrons. The highest BCUT2D eigenvalue weighted by molar-refractivity contribution is 5.83. The van der Waals surface area contributed by atoms with E-state index in [9.17, 15) is 9.59 Å². The van der Waals surface area contributed by atoms with E-state index in [4.69, 9.17) is 4.74 Å². The van der Waals surface area contributed by atoms with Crippen LogP contribution in [-0.2, 0) is 22.7 Å². The van der Waals surface area contributed by atoms with Gasteiger partial charge < -0.3 is 15.0 Å². The molecular formula is C21H25N3O3. The van der Waals surface area contributed by atoms with Crippen molar-refractivity contribution in [3.05, 3.63) is 59.4 Å². The first-order valence-corrected chi connectivity index (χ1v) is 9.14. The summed E-state index contributed by atoms with van der Waals surface area (Å²) in [6.45, 7) is 3.39. The number of aromatic nitrogens is 1. The number of hydrogen-bond acceptors (Lipinski definition) is 4. The predicted molar refractivity (Wildman–Crippen MR) is 102 cm³/mol. The fourth-order valence-corrected chi connectivity index (χ4v) is 3.30. The van der Waals surface area contributed by atoms with Crippen LogP contribution in [0.2, 0.25) is 0 Å². The molecule has 1 aliphatic rings. The van der Waals surface area contributed by atoms with Crippen LogP contribution in [-0.4, -0.2) is 35.4 Å². The van der Waals surface area contributed by atoms with Crippen LogP contribution in [0, 0.1) is 12.8 Å². The summed E-state index contributed by atoms with van der Waals surface area (Å²) in [6, 6.07) is 9.58. The smallest absolute Gasteiger partial charge is 0.225 e. The molecule has 0 bridgehead atoms. The third-order valence-corrected chi connectivity index (χ3v) is 4.97. The zero-order valence-corrected chi connectivity index (χ0v) is 15.8. The summed E-state index contributed by atoms with van der Waals surface area (Å²) in [4.78, 5) is 30.7. The first-order valence-electron chi connectivity index (χ1n) is 9.14. The van der Waals surface area contributed by atoms with Gasteiger partial charge in [0, 0.05) is 38.4 Å². The van der Waals surface area contributed by atoms with E-state index < -0.39 is 0 Å². The maximum atomic E-state index is 12.6. The summed E-state index contributed by atoms with van der Waals surface area (Å²) in [6.07, 6.45) is 4.51. The molecule has 6 nitrogen and oxygen atoms in total. The summed E-state index contributed by atoms with van der Waals surface area (Å²) in [5.41, 5.74) is 3.10. The Balaban J connectivity index is 1.59. The quantitative estimate of drug-likeness (QED) is 0.851. The minimum Gasteiger partial charge on any atom is -0.497 e. The van der Waals surface area contributed by atoms with E-state index in [1.807, 2.05) is 37.3 Å². The van der Waals surface area contributed by atoms with Crippen LogP contribution in [0.1, 0.15) is 29.5 Å². The van der Waals surface area contributed by atoms with Crippen molar-refractivity contribution < 1.29 is 14.3 Å². The molecule has 2 heterocycles. The molecule has 1 saturated heterocycles. The Morgan fingerprint density at radius 3 is 3.00 bits per heavy atom. The molecule has 2 aromatic rings. The highest BCUT2D eigenvalue weighted by Crippen LogP contribution is 2.22. The van der Waals surface area contributed by atoms with E-state index in [0.29, 0.717) is 32.5 Å². The van der Waals surface area contributed by atoms with Gasteiger partial charge in [0.05, 0.1) is 13.0 Å². The SMILES string of the molecule is COc1cccc(CN2C[C@H](C(=O)NCc3ccncc3C)CCC2=O)c1. The number of carbonyl (C=O) groups excluding carboxylic acids is 2. The van der Waals surface area contributed by atoms with Gasteiger partial charge in [-0.25, -0.2) is 0 Å². The lowest BCUT2D eigenvalue weighted by Gasteiger charge is -2.32. The number of methoxy groups -OCH3 is 1. The highest BCUT2D eigenvalue weighted by atomic mass is 16.5. The summed E-state index contributed by atoms with van der Waals surface area (Å²) in [7, 11) is 1.62. The molecule has 1 aromatic heterocycles. The van der Waals surface area contributed by atoms with E-state index in [-0.39, 0.29) is 17.7 Å². The average Bonchev–Trinajstić information content (AvgIpc) is 2.69. The molecule has 1 aliphatic heterocycles. The number of pyridine rings is 1. The zero-order chi connectivity index (χ0) is 19.2. The molecule has 1 fully saturated rings. The average molecular weight is 367 g/mol.